The van der Waals surface area contributed by atoms with Gasteiger partial charge in [0.25, 0.3) is 0 Å². The maximum atomic E-state index is 11.5. The first-order chi connectivity index (χ1) is 10.7. The molecule has 0 aromatic heterocycles. The number of rotatable bonds is 5. The Balaban J connectivity index is 1.76. The van der Waals surface area contributed by atoms with Crippen LogP contribution < -0.4 is 5.32 Å². The van der Waals surface area contributed by atoms with Crippen LogP contribution in [0.25, 0.3) is 6.08 Å². The second-order valence-corrected chi connectivity index (χ2v) is 5.29. The summed E-state index contributed by atoms with van der Waals surface area (Å²) in [6, 6.07) is 14.8. The predicted molar refractivity (Wildman–Crippen MR) is 90.1 cm³/mol. The van der Waals surface area contributed by atoms with Gasteiger partial charge in [0, 0.05) is 22.2 Å². The molecule has 0 atom stereocenters. The number of nitrogens with one attached hydrogen (secondary N) is 1. The fourth-order valence-corrected chi connectivity index (χ4v) is 2.29. The Hall–Kier alpha value is -1.97. The van der Waals surface area contributed by atoms with Crippen LogP contribution in [0.4, 0.5) is 4.79 Å². The predicted octanol–water partition coefficient (Wildman–Crippen LogP) is 4.93. The molecule has 2 aromatic rings. The second-order valence-electron chi connectivity index (χ2n) is 4.48. The number of halogens is 2. The number of alkyl carbamates (subject to hydrolysis) is 1. The second kappa shape index (κ2) is 8.47. The Morgan fingerprint density at radius 1 is 1.05 bits per heavy atom. The monoisotopic (exact) mass is 335 g/mol. The zero-order chi connectivity index (χ0) is 15.8. The maximum Gasteiger partial charge on any atom is 0.407 e. The van der Waals surface area contributed by atoms with E-state index in [2.05, 4.69) is 5.32 Å². The highest BCUT2D eigenvalue weighted by Gasteiger charge is 2.02. The van der Waals surface area contributed by atoms with Crippen LogP contribution >= 0.6 is 23.2 Å². The van der Waals surface area contributed by atoms with Gasteiger partial charge >= 0.3 is 6.09 Å². The number of hydrogen-bond acceptors (Lipinski definition) is 2. The van der Waals surface area contributed by atoms with Crippen LogP contribution in [0.15, 0.2) is 54.6 Å². The Morgan fingerprint density at radius 2 is 1.73 bits per heavy atom. The van der Waals surface area contributed by atoms with Gasteiger partial charge in [0.05, 0.1) is 0 Å². The Bertz CT molecular complexity index is 637. The Morgan fingerprint density at radius 3 is 2.41 bits per heavy atom. The van der Waals surface area contributed by atoms with Crippen LogP contribution in [-0.4, -0.2) is 12.6 Å². The summed E-state index contributed by atoms with van der Waals surface area (Å²) >= 11 is 12.1. The zero-order valence-corrected chi connectivity index (χ0v) is 13.3. The topological polar surface area (TPSA) is 38.3 Å². The molecule has 2 aromatic carbocycles. The smallest absolute Gasteiger partial charge is 0.407 e. The molecule has 1 amide bonds. The quantitative estimate of drug-likeness (QED) is 0.840. The summed E-state index contributed by atoms with van der Waals surface area (Å²) in [6.45, 7) is 0.571. The molecule has 22 heavy (non-hydrogen) atoms. The molecule has 0 heterocycles. The standard InChI is InChI=1S/C17H15Cl2NO2/c18-15-9-4-10-16(19)14(15)8-5-11-20-17(21)22-12-13-6-2-1-3-7-13/h1-10H,11-12H2,(H,20,21). The molecule has 0 saturated carbocycles. The molecular formula is C17H15Cl2NO2. The number of hydrogen-bond donors (Lipinski definition) is 1. The first kappa shape index (κ1) is 16.4. The minimum Gasteiger partial charge on any atom is -0.445 e. The molecule has 114 valence electrons. The van der Waals surface area contributed by atoms with E-state index in [1.807, 2.05) is 30.3 Å². The van der Waals surface area contributed by atoms with Gasteiger partial charge in [-0.05, 0) is 17.7 Å². The fourth-order valence-electron chi connectivity index (χ4n) is 1.76. The molecule has 0 aliphatic carbocycles. The molecule has 0 unspecified atom stereocenters. The van der Waals surface area contributed by atoms with Gasteiger partial charge in [-0.1, -0.05) is 71.8 Å². The van der Waals surface area contributed by atoms with E-state index in [-0.39, 0.29) is 6.61 Å². The van der Waals surface area contributed by atoms with Crippen molar-refractivity contribution in [2.75, 3.05) is 6.54 Å². The summed E-state index contributed by atoms with van der Waals surface area (Å²) in [5.74, 6) is 0. The van der Waals surface area contributed by atoms with Crippen LogP contribution in [0.5, 0.6) is 0 Å². The molecule has 1 N–H and O–H groups in total. The lowest BCUT2D eigenvalue weighted by Crippen LogP contribution is -2.24. The number of carbonyl (C=O) groups is 1. The largest absolute Gasteiger partial charge is 0.445 e. The van der Waals surface area contributed by atoms with Crippen molar-refractivity contribution in [2.24, 2.45) is 0 Å². The molecular weight excluding hydrogens is 321 g/mol. The zero-order valence-electron chi connectivity index (χ0n) is 11.8. The van der Waals surface area contributed by atoms with Crippen molar-refractivity contribution in [3.63, 3.8) is 0 Å². The van der Waals surface area contributed by atoms with Crippen LogP contribution in [0.2, 0.25) is 10.0 Å². The third-order valence-corrected chi connectivity index (χ3v) is 3.52. The Kier molecular flexibility index (Phi) is 6.31. The van der Waals surface area contributed by atoms with E-state index in [9.17, 15) is 4.79 Å². The Labute approximate surface area is 139 Å². The van der Waals surface area contributed by atoms with Crippen molar-refractivity contribution in [3.05, 3.63) is 75.8 Å². The van der Waals surface area contributed by atoms with Crippen molar-refractivity contribution < 1.29 is 9.53 Å². The molecule has 5 heteroatoms. The summed E-state index contributed by atoms with van der Waals surface area (Å²) in [4.78, 5) is 11.5. The minimum atomic E-state index is -0.473. The number of carbonyl (C=O) groups excluding carboxylic acids is 1. The lowest BCUT2D eigenvalue weighted by molar-refractivity contribution is 0.141. The average molecular weight is 336 g/mol. The number of benzene rings is 2. The van der Waals surface area contributed by atoms with Crippen molar-refractivity contribution in [1.29, 1.82) is 0 Å². The molecule has 3 nitrogen and oxygen atoms in total. The molecule has 0 bridgehead atoms. The highest BCUT2D eigenvalue weighted by atomic mass is 35.5. The third kappa shape index (κ3) is 5.10. The highest BCUT2D eigenvalue weighted by molar-refractivity contribution is 6.37. The molecule has 0 saturated heterocycles. The summed E-state index contributed by atoms with van der Waals surface area (Å²) in [6.07, 6.45) is 3.05. The molecule has 0 aliphatic rings. The van der Waals surface area contributed by atoms with Crippen molar-refractivity contribution in [2.45, 2.75) is 6.61 Å². The molecule has 0 spiro atoms. The number of ether oxygens (including phenoxy) is 1. The van der Waals surface area contributed by atoms with Gasteiger partial charge < -0.3 is 10.1 Å². The SMILES string of the molecule is O=C(NCC=Cc1c(Cl)cccc1Cl)OCc1ccccc1. The van der Waals surface area contributed by atoms with E-state index < -0.39 is 6.09 Å². The summed E-state index contributed by atoms with van der Waals surface area (Å²) in [5.41, 5.74) is 1.67. The van der Waals surface area contributed by atoms with Gasteiger partial charge in [0.1, 0.15) is 6.61 Å². The van der Waals surface area contributed by atoms with Gasteiger partial charge in [-0.3, -0.25) is 0 Å². The fraction of sp³-hybridized carbons (Fsp3) is 0.118. The first-order valence-electron chi connectivity index (χ1n) is 6.72. The van der Waals surface area contributed by atoms with Crippen molar-refractivity contribution in [3.8, 4) is 0 Å². The summed E-state index contributed by atoms with van der Waals surface area (Å²) in [7, 11) is 0. The normalized spacial score (nSPS) is 10.6. The van der Waals surface area contributed by atoms with E-state index in [0.717, 1.165) is 11.1 Å². The molecule has 0 radical (unpaired) electrons. The van der Waals surface area contributed by atoms with E-state index in [0.29, 0.717) is 16.6 Å². The van der Waals surface area contributed by atoms with Crippen LogP contribution in [-0.2, 0) is 11.3 Å². The molecule has 0 aliphatic heterocycles. The lowest BCUT2D eigenvalue weighted by Gasteiger charge is -2.05. The molecule has 2 rings (SSSR count). The van der Waals surface area contributed by atoms with Crippen molar-refractivity contribution in [1.82, 2.24) is 5.32 Å². The van der Waals surface area contributed by atoms with Crippen LogP contribution in [0, 0.1) is 0 Å². The lowest BCUT2D eigenvalue weighted by atomic mass is 10.2. The van der Waals surface area contributed by atoms with E-state index in [1.165, 1.54) is 0 Å². The summed E-state index contributed by atoms with van der Waals surface area (Å²) in [5, 5.41) is 3.76. The van der Waals surface area contributed by atoms with Gasteiger partial charge in [0.15, 0.2) is 0 Å². The van der Waals surface area contributed by atoms with Crippen LogP contribution in [0.1, 0.15) is 11.1 Å². The molecule has 0 fully saturated rings. The van der Waals surface area contributed by atoms with Crippen molar-refractivity contribution >= 4 is 35.4 Å². The van der Waals surface area contributed by atoms with Gasteiger partial charge in [0.2, 0.25) is 0 Å². The van der Waals surface area contributed by atoms with E-state index in [1.54, 1.807) is 30.4 Å². The first-order valence-corrected chi connectivity index (χ1v) is 7.47. The highest BCUT2D eigenvalue weighted by Crippen LogP contribution is 2.25. The van der Waals surface area contributed by atoms with Gasteiger partial charge in [-0.2, -0.15) is 0 Å². The van der Waals surface area contributed by atoms with Gasteiger partial charge in [-0.15, -0.1) is 0 Å². The van der Waals surface area contributed by atoms with Gasteiger partial charge in [-0.25, -0.2) is 4.79 Å². The summed E-state index contributed by atoms with van der Waals surface area (Å²) < 4.78 is 5.09. The third-order valence-electron chi connectivity index (χ3n) is 2.86. The van der Waals surface area contributed by atoms with Crippen LogP contribution in [0.3, 0.4) is 0 Å². The average Bonchev–Trinajstić information content (AvgIpc) is 2.53. The van der Waals surface area contributed by atoms with E-state index >= 15 is 0 Å². The minimum absolute atomic E-state index is 0.243. The number of amides is 1. The maximum absolute atomic E-state index is 11.5. The van der Waals surface area contributed by atoms with E-state index in [4.69, 9.17) is 27.9 Å².